The Morgan fingerprint density at radius 2 is 2.12 bits per heavy atom. The molecular weight excluding hydrogens is 322 g/mol. The van der Waals surface area contributed by atoms with Crippen LogP contribution in [0.2, 0.25) is 0 Å². The van der Waals surface area contributed by atoms with E-state index in [1.165, 1.54) is 6.07 Å². The zero-order valence-corrected chi connectivity index (χ0v) is 11.5. The Balaban J connectivity index is 2.91. The lowest BCUT2D eigenvalue weighted by atomic mass is 10.4. The summed E-state index contributed by atoms with van der Waals surface area (Å²) in [5.74, 6) is 0.359. The molecule has 0 spiro atoms. The van der Waals surface area contributed by atoms with Gasteiger partial charge in [0.1, 0.15) is 17.0 Å². The quantitative estimate of drug-likeness (QED) is 0.468. The lowest BCUT2D eigenvalue weighted by Crippen LogP contribution is -2.05. The van der Waals surface area contributed by atoms with Crippen molar-refractivity contribution < 1.29 is 17.9 Å². The van der Waals surface area contributed by atoms with Gasteiger partial charge in [-0.1, -0.05) is 0 Å². The normalized spacial score (nSPS) is 11.4. The van der Waals surface area contributed by atoms with E-state index < -0.39 is 9.05 Å². The van der Waals surface area contributed by atoms with Gasteiger partial charge in [-0.25, -0.2) is 13.4 Å². The predicted molar refractivity (Wildman–Crippen MR) is 62.3 cm³/mol. The van der Waals surface area contributed by atoms with Crippen LogP contribution < -0.4 is 4.74 Å². The molecule has 16 heavy (non-hydrogen) atoms. The predicted octanol–water partition coefficient (Wildman–Crippen LogP) is 1.80. The fraction of sp³-hybridized carbons (Fsp3) is 0.375. The van der Waals surface area contributed by atoms with Crippen molar-refractivity contribution >= 4 is 35.7 Å². The first-order valence-electron chi connectivity index (χ1n) is 4.17. The smallest absolute Gasteiger partial charge is 0.278 e. The molecule has 90 valence electrons. The number of methoxy groups -OCH3 is 1. The zero-order valence-electron chi connectivity index (χ0n) is 8.31. The molecule has 0 aliphatic rings. The molecule has 0 bridgehead atoms. The van der Waals surface area contributed by atoms with Gasteiger partial charge in [0.15, 0.2) is 5.03 Å². The topological polar surface area (TPSA) is 65.5 Å². The van der Waals surface area contributed by atoms with Crippen LogP contribution in [-0.2, 0) is 13.8 Å². The molecule has 5 nitrogen and oxygen atoms in total. The largest absolute Gasteiger partial charge is 0.491 e. The van der Waals surface area contributed by atoms with Gasteiger partial charge >= 0.3 is 0 Å². The van der Waals surface area contributed by atoms with Gasteiger partial charge < -0.3 is 9.47 Å². The Labute approximate surface area is 106 Å². The molecule has 0 saturated heterocycles. The maximum Gasteiger partial charge on any atom is 0.278 e. The van der Waals surface area contributed by atoms with E-state index in [1.54, 1.807) is 13.2 Å². The van der Waals surface area contributed by atoms with E-state index in [0.717, 1.165) is 0 Å². The number of pyridine rings is 1. The van der Waals surface area contributed by atoms with Gasteiger partial charge in [-0.2, -0.15) is 0 Å². The van der Waals surface area contributed by atoms with Gasteiger partial charge in [-0.15, -0.1) is 0 Å². The Morgan fingerprint density at radius 1 is 1.44 bits per heavy atom. The van der Waals surface area contributed by atoms with Crippen molar-refractivity contribution in [2.24, 2.45) is 0 Å². The molecule has 0 N–H and O–H groups in total. The summed E-state index contributed by atoms with van der Waals surface area (Å²) in [7, 11) is 2.86. The maximum absolute atomic E-state index is 11.1. The highest BCUT2D eigenvalue weighted by molar-refractivity contribution is 9.10. The fourth-order valence-electron chi connectivity index (χ4n) is 0.902. The summed E-state index contributed by atoms with van der Waals surface area (Å²) in [5.41, 5.74) is 0. The molecule has 1 aromatic heterocycles. The Bertz CT molecular complexity index is 465. The first kappa shape index (κ1) is 13.7. The summed E-state index contributed by atoms with van der Waals surface area (Å²) >= 11 is 3.07. The second-order valence-electron chi connectivity index (χ2n) is 2.74. The molecule has 0 unspecified atom stereocenters. The van der Waals surface area contributed by atoms with E-state index in [4.69, 9.17) is 20.2 Å². The molecular formula is C8H9BrClNO4S. The molecule has 1 aromatic rings. The standard InChI is InChI=1S/C8H9BrClNO4S/c1-14-2-3-15-6-4-7(9)11-8(5-6)16(10,12)13/h4-5H,2-3H2,1H3. The number of hydrogen-bond donors (Lipinski definition) is 0. The highest BCUT2D eigenvalue weighted by atomic mass is 79.9. The van der Waals surface area contributed by atoms with Crippen molar-refractivity contribution in [2.75, 3.05) is 20.3 Å². The minimum Gasteiger partial charge on any atom is -0.491 e. The van der Waals surface area contributed by atoms with Crippen molar-refractivity contribution in [3.8, 4) is 5.75 Å². The number of halogens is 2. The van der Waals surface area contributed by atoms with E-state index in [2.05, 4.69) is 20.9 Å². The number of hydrogen-bond acceptors (Lipinski definition) is 5. The number of aromatic nitrogens is 1. The van der Waals surface area contributed by atoms with Crippen molar-refractivity contribution in [3.63, 3.8) is 0 Å². The monoisotopic (exact) mass is 329 g/mol. The molecule has 0 saturated carbocycles. The molecule has 0 aliphatic heterocycles. The minimum atomic E-state index is -3.86. The van der Waals surface area contributed by atoms with Crippen LogP contribution >= 0.6 is 26.6 Å². The molecule has 0 amide bonds. The summed E-state index contributed by atoms with van der Waals surface area (Å²) < 4.78 is 32.5. The van der Waals surface area contributed by atoms with E-state index in [0.29, 0.717) is 23.6 Å². The molecule has 0 aromatic carbocycles. The second-order valence-corrected chi connectivity index (χ2v) is 6.07. The first-order valence-corrected chi connectivity index (χ1v) is 7.27. The van der Waals surface area contributed by atoms with E-state index in [-0.39, 0.29) is 5.03 Å². The minimum absolute atomic E-state index is 0.254. The van der Waals surface area contributed by atoms with Gasteiger partial charge in [0.2, 0.25) is 0 Å². The van der Waals surface area contributed by atoms with Crippen LogP contribution in [0.15, 0.2) is 21.8 Å². The van der Waals surface area contributed by atoms with E-state index in [1.807, 2.05) is 0 Å². The number of nitrogens with zero attached hydrogens (tertiary/aromatic N) is 1. The third-order valence-electron chi connectivity index (χ3n) is 1.55. The number of rotatable bonds is 5. The summed E-state index contributed by atoms with van der Waals surface area (Å²) in [4.78, 5) is 3.72. The van der Waals surface area contributed by atoms with Crippen molar-refractivity contribution in [3.05, 3.63) is 16.7 Å². The van der Waals surface area contributed by atoms with Crippen LogP contribution in [0.1, 0.15) is 0 Å². The van der Waals surface area contributed by atoms with Crippen LogP contribution in [0.3, 0.4) is 0 Å². The second kappa shape index (κ2) is 5.81. The average Bonchev–Trinajstić information content (AvgIpc) is 2.16. The fourth-order valence-corrected chi connectivity index (χ4v) is 2.14. The van der Waals surface area contributed by atoms with Crippen molar-refractivity contribution in [2.45, 2.75) is 5.03 Å². The third kappa shape index (κ3) is 4.25. The molecule has 1 heterocycles. The van der Waals surface area contributed by atoms with Gasteiger partial charge in [-0.3, -0.25) is 0 Å². The van der Waals surface area contributed by atoms with Crippen molar-refractivity contribution in [1.29, 1.82) is 0 Å². The number of ether oxygens (including phenoxy) is 2. The maximum atomic E-state index is 11.1. The first-order chi connectivity index (χ1) is 7.43. The SMILES string of the molecule is COCCOc1cc(Br)nc(S(=O)(=O)Cl)c1. The highest BCUT2D eigenvalue weighted by Gasteiger charge is 2.14. The molecule has 0 radical (unpaired) electrons. The zero-order chi connectivity index (χ0) is 12.2. The van der Waals surface area contributed by atoms with Crippen LogP contribution in [0.4, 0.5) is 0 Å². The average molecular weight is 331 g/mol. The summed E-state index contributed by atoms with van der Waals surface area (Å²) in [6.45, 7) is 0.720. The molecule has 8 heteroatoms. The van der Waals surface area contributed by atoms with Crippen molar-refractivity contribution in [1.82, 2.24) is 4.98 Å². The molecule has 0 aliphatic carbocycles. The van der Waals surface area contributed by atoms with Crippen LogP contribution in [-0.4, -0.2) is 33.7 Å². The Hall–Kier alpha value is -0.370. The molecule has 0 fully saturated rings. The van der Waals surface area contributed by atoms with Gasteiger partial charge in [0.05, 0.1) is 6.61 Å². The molecule has 1 rings (SSSR count). The summed E-state index contributed by atoms with van der Waals surface area (Å²) in [6.07, 6.45) is 0. The Morgan fingerprint density at radius 3 is 2.69 bits per heavy atom. The highest BCUT2D eigenvalue weighted by Crippen LogP contribution is 2.23. The Kier molecular flexibility index (Phi) is 4.97. The van der Waals surface area contributed by atoms with Gasteiger partial charge in [0.25, 0.3) is 9.05 Å². The van der Waals surface area contributed by atoms with E-state index in [9.17, 15) is 8.42 Å². The van der Waals surface area contributed by atoms with E-state index >= 15 is 0 Å². The molecule has 0 atom stereocenters. The summed E-state index contributed by atoms with van der Waals surface area (Å²) in [5, 5.41) is -0.254. The van der Waals surface area contributed by atoms with Gasteiger partial charge in [0, 0.05) is 29.9 Å². The van der Waals surface area contributed by atoms with Crippen LogP contribution in [0, 0.1) is 0 Å². The lowest BCUT2D eigenvalue weighted by molar-refractivity contribution is 0.146. The van der Waals surface area contributed by atoms with Crippen LogP contribution in [0.5, 0.6) is 5.75 Å². The third-order valence-corrected chi connectivity index (χ3v) is 3.14. The van der Waals surface area contributed by atoms with Gasteiger partial charge in [-0.05, 0) is 15.9 Å². The summed E-state index contributed by atoms with van der Waals surface area (Å²) in [6, 6.07) is 2.80. The van der Waals surface area contributed by atoms with Crippen LogP contribution in [0.25, 0.3) is 0 Å². The lowest BCUT2D eigenvalue weighted by Gasteiger charge is -2.06.